The highest BCUT2D eigenvalue weighted by atomic mass is 35.5. The molecule has 1 aliphatic heterocycles. The third kappa shape index (κ3) is 3.60. The van der Waals surface area contributed by atoms with Crippen molar-refractivity contribution in [2.24, 2.45) is 5.92 Å². The van der Waals surface area contributed by atoms with E-state index in [0.717, 1.165) is 5.56 Å². The molecule has 0 fully saturated rings. The van der Waals surface area contributed by atoms with Crippen LogP contribution in [0.2, 0.25) is 5.02 Å². The molecule has 0 saturated heterocycles. The van der Waals surface area contributed by atoms with Gasteiger partial charge in [0.05, 0.1) is 11.6 Å². The SMILES string of the molecule is Cc1cc(Cl)ccc1N1C(=O)C(O)=C(C(=O)CC(C)C)C1c1cccnc1. The number of Topliss-reactive ketones (excluding diaryl/α,β-unsaturated/α-hetero) is 1. The predicted molar refractivity (Wildman–Crippen MR) is 105 cm³/mol. The number of halogens is 1. The van der Waals surface area contributed by atoms with Crippen LogP contribution in [0.25, 0.3) is 0 Å². The zero-order valence-electron chi connectivity index (χ0n) is 15.4. The van der Waals surface area contributed by atoms with Gasteiger partial charge in [0, 0.05) is 29.5 Å². The standard InChI is InChI=1S/C21H21ClN2O3/c1-12(2)9-17(25)18-19(14-5-4-8-23-11-14)24(21(27)20(18)26)16-7-6-15(22)10-13(16)3/h4-8,10-12,19,26H,9H2,1-3H3. The number of carbonyl (C=O) groups is 2. The van der Waals surface area contributed by atoms with Gasteiger partial charge in [0.25, 0.3) is 5.91 Å². The van der Waals surface area contributed by atoms with Crippen LogP contribution < -0.4 is 4.90 Å². The van der Waals surface area contributed by atoms with E-state index in [9.17, 15) is 14.7 Å². The van der Waals surface area contributed by atoms with Gasteiger partial charge in [-0.3, -0.25) is 19.5 Å². The molecule has 0 spiro atoms. The van der Waals surface area contributed by atoms with Gasteiger partial charge in [0.1, 0.15) is 0 Å². The molecule has 1 aliphatic rings. The first kappa shape index (κ1) is 19.1. The molecule has 140 valence electrons. The monoisotopic (exact) mass is 384 g/mol. The molecule has 3 rings (SSSR count). The average Bonchev–Trinajstić information content (AvgIpc) is 2.87. The largest absolute Gasteiger partial charge is 0.503 e. The quantitative estimate of drug-likeness (QED) is 0.820. The number of pyridine rings is 1. The number of aliphatic hydroxyl groups is 1. The van der Waals surface area contributed by atoms with Crippen LogP contribution in [0.1, 0.15) is 37.4 Å². The number of hydrogen-bond donors (Lipinski definition) is 1. The molecule has 6 heteroatoms. The summed E-state index contributed by atoms with van der Waals surface area (Å²) in [6, 6.07) is 7.97. The summed E-state index contributed by atoms with van der Waals surface area (Å²) in [5.74, 6) is -1.22. The number of anilines is 1. The number of benzene rings is 1. The maximum absolute atomic E-state index is 12.9. The number of aryl methyl sites for hydroxylation is 1. The summed E-state index contributed by atoms with van der Waals surface area (Å²) < 4.78 is 0. The number of aliphatic hydroxyl groups excluding tert-OH is 1. The van der Waals surface area contributed by atoms with Crippen molar-refractivity contribution < 1.29 is 14.7 Å². The van der Waals surface area contributed by atoms with E-state index in [0.29, 0.717) is 16.3 Å². The Balaban J connectivity index is 2.16. The Morgan fingerprint density at radius 3 is 2.67 bits per heavy atom. The number of carbonyl (C=O) groups excluding carboxylic acids is 2. The van der Waals surface area contributed by atoms with Crippen molar-refractivity contribution in [2.75, 3.05) is 4.90 Å². The van der Waals surface area contributed by atoms with Crippen LogP contribution in [0.4, 0.5) is 5.69 Å². The second kappa shape index (κ2) is 7.53. The molecule has 1 aromatic heterocycles. The summed E-state index contributed by atoms with van der Waals surface area (Å²) in [6.45, 7) is 5.68. The number of ketones is 1. The molecule has 1 aromatic carbocycles. The number of amides is 1. The van der Waals surface area contributed by atoms with Crippen LogP contribution in [-0.4, -0.2) is 21.8 Å². The number of nitrogens with zero attached hydrogens (tertiary/aromatic N) is 2. The lowest BCUT2D eigenvalue weighted by atomic mass is 9.92. The van der Waals surface area contributed by atoms with Crippen LogP contribution in [0.15, 0.2) is 54.1 Å². The summed E-state index contributed by atoms with van der Waals surface area (Å²) in [7, 11) is 0. The summed E-state index contributed by atoms with van der Waals surface area (Å²) in [4.78, 5) is 31.4. The van der Waals surface area contributed by atoms with Gasteiger partial charge in [-0.15, -0.1) is 0 Å². The first-order valence-corrected chi connectivity index (χ1v) is 9.15. The van der Waals surface area contributed by atoms with Crippen molar-refractivity contribution in [1.82, 2.24) is 4.98 Å². The van der Waals surface area contributed by atoms with Crippen molar-refractivity contribution in [3.05, 3.63) is 70.2 Å². The van der Waals surface area contributed by atoms with E-state index >= 15 is 0 Å². The molecule has 2 heterocycles. The summed E-state index contributed by atoms with van der Waals surface area (Å²) in [6.07, 6.45) is 3.48. The lowest BCUT2D eigenvalue weighted by molar-refractivity contribution is -0.118. The molecule has 1 unspecified atom stereocenters. The fourth-order valence-corrected chi connectivity index (χ4v) is 3.59. The van der Waals surface area contributed by atoms with E-state index in [1.54, 1.807) is 42.7 Å². The van der Waals surface area contributed by atoms with Crippen molar-refractivity contribution in [1.29, 1.82) is 0 Å². The van der Waals surface area contributed by atoms with Crippen molar-refractivity contribution in [3.8, 4) is 0 Å². The molecular weight excluding hydrogens is 364 g/mol. The molecule has 27 heavy (non-hydrogen) atoms. The van der Waals surface area contributed by atoms with Gasteiger partial charge < -0.3 is 5.11 Å². The average molecular weight is 385 g/mol. The minimum atomic E-state index is -0.725. The van der Waals surface area contributed by atoms with E-state index < -0.39 is 17.7 Å². The molecule has 2 aromatic rings. The topological polar surface area (TPSA) is 70.5 Å². The molecule has 0 bridgehead atoms. The van der Waals surface area contributed by atoms with Crippen LogP contribution in [0.3, 0.4) is 0 Å². The highest BCUT2D eigenvalue weighted by Gasteiger charge is 2.44. The van der Waals surface area contributed by atoms with Crippen LogP contribution in [0, 0.1) is 12.8 Å². The van der Waals surface area contributed by atoms with Gasteiger partial charge in [0.2, 0.25) is 0 Å². The van der Waals surface area contributed by atoms with Gasteiger partial charge in [-0.1, -0.05) is 31.5 Å². The molecule has 0 saturated carbocycles. The van der Waals surface area contributed by atoms with Gasteiger partial charge in [-0.2, -0.15) is 0 Å². The minimum Gasteiger partial charge on any atom is -0.503 e. The highest BCUT2D eigenvalue weighted by Crippen LogP contribution is 2.42. The number of rotatable bonds is 5. The zero-order valence-corrected chi connectivity index (χ0v) is 16.2. The Kier molecular flexibility index (Phi) is 5.33. The Bertz CT molecular complexity index is 922. The van der Waals surface area contributed by atoms with Crippen molar-refractivity contribution in [3.63, 3.8) is 0 Å². The second-order valence-electron chi connectivity index (χ2n) is 7.08. The summed E-state index contributed by atoms with van der Waals surface area (Å²) >= 11 is 6.05. The fraction of sp³-hybridized carbons (Fsp3) is 0.286. The molecular formula is C21H21ClN2O3. The lowest BCUT2D eigenvalue weighted by Gasteiger charge is -2.28. The van der Waals surface area contributed by atoms with Gasteiger partial charge >= 0.3 is 0 Å². The first-order valence-electron chi connectivity index (χ1n) is 8.77. The minimum absolute atomic E-state index is 0.105. The van der Waals surface area contributed by atoms with E-state index in [1.165, 1.54) is 4.90 Å². The third-order valence-corrected chi connectivity index (χ3v) is 4.76. The molecule has 5 nitrogen and oxygen atoms in total. The Labute approximate surface area is 163 Å². The molecule has 0 aliphatic carbocycles. The maximum atomic E-state index is 12.9. The molecule has 1 N–H and O–H groups in total. The molecule has 0 radical (unpaired) electrons. The normalized spacial score (nSPS) is 17.1. The van der Waals surface area contributed by atoms with Crippen molar-refractivity contribution >= 4 is 29.0 Å². The van der Waals surface area contributed by atoms with Crippen LogP contribution >= 0.6 is 11.6 Å². The zero-order chi connectivity index (χ0) is 19.7. The third-order valence-electron chi connectivity index (χ3n) is 4.52. The predicted octanol–water partition coefficient (Wildman–Crippen LogP) is 4.56. The Hall–Kier alpha value is -2.66. The van der Waals surface area contributed by atoms with Crippen molar-refractivity contribution in [2.45, 2.75) is 33.2 Å². The Morgan fingerprint density at radius 2 is 2.07 bits per heavy atom. The summed E-state index contributed by atoms with van der Waals surface area (Å²) in [5.41, 5.74) is 2.15. The fourth-order valence-electron chi connectivity index (χ4n) is 3.36. The lowest BCUT2D eigenvalue weighted by Crippen LogP contribution is -2.31. The van der Waals surface area contributed by atoms with Crippen LogP contribution in [0.5, 0.6) is 0 Å². The molecule has 1 atom stereocenters. The summed E-state index contributed by atoms with van der Waals surface area (Å²) in [5, 5.41) is 11.1. The first-order chi connectivity index (χ1) is 12.8. The van der Waals surface area contributed by atoms with Gasteiger partial charge in [-0.25, -0.2) is 0 Å². The van der Waals surface area contributed by atoms with E-state index in [-0.39, 0.29) is 23.7 Å². The van der Waals surface area contributed by atoms with Crippen LogP contribution in [-0.2, 0) is 9.59 Å². The maximum Gasteiger partial charge on any atom is 0.294 e. The number of hydrogen-bond acceptors (Lipinski definition) is 4. The smallest absolute Gasteiger partial charge is 0.294 e. The molecule has 1 amide bonds. The number of aromatic nitrogens is 1. The Morgan fingerprint density at radius 1 is 1.33 bits per heavy atom. The van der Waals surface area contributed by atoms with E-state index in [2.05, 4.69) is 4.98 Å². The van der Waals surface area contributed by atoms with E-state index in [1.807, 2.05) is 20.8 Å². The van der Waals surface area contributed by atoms with E-state index in [4.69, 9.17) is 11.6 Å². The van der Waals surface area contributed by atoms with Gasteiger partial charge in [-0.05, 0) is 48.2 Å². The highest BCUT2D eigenvalue weighted by molar-refractivity contribution is 6.30. The second-order valence-corrected chi connectivity index (χ2v) is 7.51. The van der Waals surface area contributed by atoms with Gasteiger partial charge in [0.15, 0.2) is 11.5 Å².